The molecule has 1 aromatic carbocycles. The van der Waals surface area contributed by atoms with Gasteiger partial charge in [0.05, 0.1) is 25.8 Å². The van der Waals surface area contributed by atoms with E-state index in [-0.39, 0.29) is 18.9 Å². The van der Waals surface area contributed by atoms with Gasteiger partial charge in [0.1, 0.15) is 12.3 Å². The van der Waals surface area contributed by atoms with Crippen LogP contribution in [0.25, 0.3) is 10.9 Å². The maximum Gasteiger partial charge on any atom is 0.356 e. The van der Waals surface area contributed by atoms with E-state index in [2.05, 4.69) is 9.72 Å². The number of carbonyl (C=O) groups excluding carboxylic acids is 1. The van der Waals surface area contributed by atoms with Crippen molar-refractivity contribution >= 4 is 16.9 Å². The molecule has 110 valence electrons. The minimum atomic E-state index is -1.98. The van der Waals surface area contributed by atoms with E-state index >= 15 is 0 Å². The second kappa shape index (κ2) is 5.38. The molecule has 0 saturated carbocycles. The summed E-state index contributed by atoms with van der Waals surface area (Å²) in [6.45, 7) is 0.420. The van der Waals surface area contributed by atoms with Crippen molar-refractivity contribution in [3.8, 4) is 0 Å². The molecule has 1 aliphatic rings. The van der Waals surface area contributed by atoms with E-state index in [0.717, 1.165) is 5.39 Å². The zero-order valence-electron chi connectivity index (χ0n) is 11.5. The van der Waals surface area contributed by atoms with Gasteiger partial charge < -0.3 is 14.2 Å². The summed E-state index contributed by atoms with van der Waals surface area (Å²) >= 11 is 0. The summed E-state index contributed by atoms with van der Waals surface area (Å²) in [6, 6.07) is 8.24. The van der Waals surface area contributed by atoms with Crippen molar-refractivity contribution in [2.45, 2.75) is 5.85 Å². The summed E-state index contributed by atoms with van der Waals surface area (Å²) in [5.74, 6) is -2.51. The van der Waals surface area contributed by atoms with E-state index in [4.69, 9.17) is 9.47 Å². The highest BCUT2D eigenvalue weighted by Crippen LogP contribution is 2.32. The fourth-order valence-electron chi connectivity index (χ4n) is 2.24. The number of ether oxygens (including phenoxy) is 3. The topological polar surface area (TPSA) is 57.7 Å². The van der Waals surface area contributed by atoms with Crippen LogP contribution in [0.4, 0.5) is 4.39 Å². The number of carbonyl (C=O) groups is 1. The first-order chi connectivity index (χ1) is 10.1. The summed E-state index contributed by atoms with van der Waals surface area (Å²) in [7, 11) is 1.29. The van der Waals surface area contributed by atoms with Crippen molar-refractivity contribution in [2.75, 3.05) is 26.9 Å². The first-order valence-electron chi connectivity index (χ1n) is 6.53. The predicted octanol–water partition coefficient (Wildman–Crippen LogP) is 2.19. The smallest absolute Gasteiger partial charge is 0.356 e. The van der Waals surface area contributed by atoms with Crippen molar-refractivity contribution in [1.29, 1.82) is 0 Å². The Balaban J connectivity index is 2.03. The van der Waals surface area contributed by atoms with Crippen LogP contribution in [0, 0.1) is 0 Å². The summed E-state index contributed by atoms with van der Waals surface area (Å²) < 4.78 is 29.6. The Morgan fingerprint density at radius 2 is 2.14 bits per heavy atom. The minimum Gasteiger partial charge on any atom is -0.464 e. The van der Waals surface area contributed by atoms with Crippen molar-refractivity contribution < 1.29 is 23.4 Å². The van der Waals surface area contributed by atoms with Gasteiger partial charge in [0.15, 0.2) is 0 Å². The number of rotatable bonds is 2. The lowest BCUT2D eigenvalue weighted by Gasteiger charge is -2.30. The molecule has 21 heavy (non-hydrogen) atoms. The van der Waals surface area contributed by atoms with Crippen molar-refractivity contribution in [3.05, 3.63) is 41.6 Å². The summed E-state index contributed by atoms with van der Waals surface area (Å²) in [5, 5.41) is 0.798. The van der Waals surface area contributed by atoms with Crippen LogP contribution in [-0.2, 0) is 20.1 Å². The van der Waals surface area contributed by atoms with Crippen LogP contribution in [-0.4, -0.2) is 37.9 Å². The Morgan fingerprint density at radius 1 is 1.33 bits per heavy atom. The molecule has 0 bridgehead atoms. The highest BCUT2D eigenvalue weighted by molar-refractivity contribution is 5.91. The van der Waals surface area contributed by atoms with Gasteiger partial charge in [0, 0.05) is 10.9 Å². The molecule has 0 radical (unpaired) electrons. The van der Waals surface area contributed by atoms with E-state index < -0.39 is 11.8 Å². The second-order valence-corrected chi connectivity index (χ2v) is 4.73. The second-order valence-electron chi connectivity index (χ2n) is 4.73. The van der Waals surface area contributed by atoms with Gasteiger partial charge in [-0.1, -0.05) is 18.2 Å². The SMILES string of the molecule is COC(=O)c1ccc2ccc(C3(F)COCCO3)cc2n1. The molecule has 0 amide bonds. The number of aromatic nitrogens is 1. The number of benzene rings is 1. The Labute approximate surface area is 120 Å². The van der Waals surface area contributed by atoms with Crippen LogP contribution in [0.5, 0.6) is 0 Å². The molecule has 0 spiro atoms. The summed E-state index contributed by atoms with van der Waals surface area (Å²) in [4.78, 5) is 15.7. The highest BCUT2D eigenvalue weighted by atomic mass is 19.2. The van der Waals surface area contributed by atoms with Crippen LogP contribution >= 0.6 is 0 Å². The first kappa shape index (κ1) is 13.9. The number of alkyl halides is 1. The Morgan fingerprint density at radius 3 is 2.86 bits per heavy atom. The number of hydrogen-bond donors (Lipinski definition) is 0. The van der Waals surface area contributed by atoms with Crippen LogP contribution in [0.1, 0.15) is 16.1 Å². The highest BCUT2D eigenvalue weighted by Gasteiger charge is 2.36. The Hall–Kier alpha value is -2.05. The van der Waals surface area contributed by atoms with Gasteiger partial charge in [0.2, 0.25) is 0 Å². The maximum absolute atomic E-state index is 14.7. The lowest BCUT2D eigenvalue weighted by atomic mass is 10.0. The van der Waals surface area contributed by atoms with Crippen LogP contribution in [0.3, 0.4) is 0 Å². The monoisotopic (exact) mass is 291 g/mol. The van der Waals surface area contributed by atoms with E-state index in [0.29, 0.717) is 17.7 Å². The number of halogens is 1. The first-order valence-corrected chi connectivity index (χ1v) is 6.53. The summed E-state index contributed by atoms with van der Waals surface area (Å²) in [5.41, 5.74) is 1.00. The number of esters is 1. The summed E-state index contributed by atoms with van der Waals surface area (Å²) in [6.07, 6.45) is 0. The maximum atomic E-state index is 14.7. The van der Waals surface area contributed by atoms with Gasteiger partial charge in [-0.15, -0.1) is 0 Å². The normalized spacial score (nSPS) is 22.2. The molecule has 1 unspecified atom stereocenters. The van der Waals surface area contributed by atoms with Gasteiger partial charge in [0.25, 0.3) is 5.85 Å². The Bertz CT molecular complexity index is 682. The van der Waals surface area contributed by atoms with Crippen LogP contribution < -0.4 is 0 Å². The molecular weight excluding hydrogens is 277 g/mol. The zero-order valence-corrected chi connectivity index (χ0v) is 11.5. The van der Waals surface area contributed by atoms with Crippen molar-refractivity contribution in [2.24, 2.45) is 0 Å². The third-order valence-corrected chi connectivity index (χ3v) is 3.36. The molecule has 0 N–H and O–H groups in total. The molecule has 6 heteroatoms. The number of pyridine rings is 1. The van der Waals surface area contributed by atoms with Gasteiger partial charge in [-0.3, -0.25) is 0 Å². The standard InChI is InChI=1S/C15H14FNO4/c1-19-14(18)12-5-3-10-2-4-11(8-13(10)17-12)15(16)9-20-6-7-21-15/h2-5,8H,6-7,9H2,1H3. The molecule has 2 heterocycles. The molecule has 0 aliphatic carbocycles. The Kier molecular flexibility index (Phi) is 3.57. The number of hydrogen-bond acceptors (Lipinski definition) is 5. The molecule has 5 nitrogen and oxygen atoms in total. The fraction of sp³-hybridized carbons (Fsp3) is 0.333. The van der Waals surface area contributed by atoms with E-state index in [1.165, 1.54) is 7.11 Å². The largest absolute Gasteiger partial charge is 0.464 e. The van der Waals surface area contributed by atoms with Gasteiger partial charge >= 0.3 is 5.97 Å². The third kappa shape index (κ3) is 2.59. The lowest BCUT2D eigenvalue weighted by molar-refractivity contribution is -0.233. The fourth-order valence-corrected chi connectivity index (χ4v) is 2.24. The quantitative estimate of drug-likeness (QED) is 0.794. The average molecular weight is 291 g/mol. The molecule has 2 aromatic rings. The van der Waals surface area contributed by atoms with Gasteiger partial charge in [-0.2, -0.15) is 0 Å². The zero-order chi connectivity index (χ0) is 14.9. The molecule has 3 rings (SSSR count). The average Bonchev–Trinajstić information content (AvgIpc) is 2.53. The molecular formula is C15H14FNO4. The van der Waals surface area contributed by atoms with E-state index in [9.17, 15) is 9.18 Å². The molecule has 1 saturated heterocycles. The van der Waals surface area contributed by atoms with Gasteiger partial charge in [-0.05, 0) is 12.1 Å². The number of fused-ring (bicyclic) bond motifs is 1. The van der Waals surface area contributed by atoms with E-state index in [1.54, 1.807) is 30.3 Å². The molecule has 1 fully saturated rings. The van der Waals surface area contributed by atoms with Gasteiger partial charge in [-0.25, -0.2) is 14.2 Å². The minimum absolute atomic E-state index is 0.158. The van der Waals surface area contributed by atoms with Crippen molar-refractivity contribution in [1.82, 2.24) is 4.98 Å². The lowest BCUT2D eigenvalue weighted by Crippen LogP contribution is -2.36. The van der Waals surface area contributed by atoms with Crippen LogP contribution in [0.15, 0.2) is 30.3 Å². The van der Waals surface area contributed by atoms with Crippen molar-refractivity contribution in [3.63, 3.8) is 0 Å². The molecule has 1 aromatic heterocycles. The van der Waals surface area contributed by atoms with Crippen LogP contribution in [0.2, 0.25) is 0 Å². The number of nitrogens with zero attached hydrogens (tertiary/aromatic N) is 1. The van der Waals surface area contributed by atoms with E-state index in [1.807, 2.05) is 0 Å². The predicted molar refractivity (Wildman–Crippen MR) is 72.6 cm³/mol. The third-order valence-electron chi connectivity index (χ3n) is 3.36. The molecule has 1 aliphatic heterocycles. The number of methoxy groups -OCH3 is 1. The molecule has 1 atom stereocenters.